The maximum absolute atomic E-state index is 13.5. The van der Waals surface area contributed by atoms with Gasteiger partial charge in [-0.15, -0.1) is 0 Å². The van der Waals surface area contributed by atoms with Gasteiger partial charge < -0.3 is 10.4 Å². The Morgan fingerprint density at radius 2 is 2.33 bits per heavy atom. The van der Waals surface area contributed by atoms with E-state index in [0.29, 0.717) is 6.54 Å². The molecule has 80 valence electrons. The van der Waals surface area contributed by atoms with E-state index in [9.17, 15) is 9.18 Å². The highest BCUT2D eigenvalue weighted by molar-refractivity contribution is 5.88. The van der Waals surface area contributed by atoms with Gasteiger partial charge >= 0.3 is 5.97 Å². The van der Waals surface area contributed by atoms with Crippen molar-refractivity contribution in [2.75, 3.05) is 13.6 Å². The average Bonchev–Trinajstić information content (AvgIpc) is 2.20. The van der Waals surface area contributed by atoms with Crippen molar-refractivity contribution in [3.8, 4) is 0 Å². The molecule has 0 saturated carbocycles. The SMILES string of the molecule is CNCC=Cc1cccc(C(=O)O)c1F. The molecule has 0 saturated heterocycles. The molecule has 0 aromatic heterocycles. The summed E-state index contributed by atoms with van der Waals surface area (Å²) in [5, 5.41) is 11.6. The molecule has 1 rings (SSSR count). The first-order chi connectivity index (χ1) is 7.16. The molecule has 15 heavy (non-hydrogen) atoms. The van der Waals surface area contributed by atoms with E-state index in [2.05, 4.69) is 5.32 Å². The van der Waals surface area contributed by atoms with Crippen LogP contribution in [0.15, 0.2) is 24.3 Å². The molecule has 0 bridgehead atoms. The Kier molecular flexibility index (Phi) is 4.00. The van der Waals surface area contributed by atoms with E-state index >= 15 is 0 Å². The molecule has 0 aliphatic rings. The van der Waals surface area contributed by atoms with E-state index in [4.69, 9.17) is 5.11 Å². The van der Waals surface area contributed by atoms with Crippen molar-refractivity contribution < 1.29 is 14.3 Å². The standard InChI is InChI=1S/C11H12FNO2/c1-13-7-3-5-8-4-2-6-9(10(8)12)11(14)15/h2-6,13H,7H2,1H3,(H,14,15). The van der Waals surface area contributed by atoms with Crippen LogP contribution in [0.3, 0.4) is 0 Å². The number of hydrogen-bond donors (Lipinski definition) is 2. The van der Waals surface area contributed by atoms with Crippen LogP contribution in [0.2, 0.25) is 0 Å². The maximum atomic E-state index is 13.5. The molecule has 1 aromatic carbocycles. The van der Waals surface area contributed by atoms with Gasteiger partial charge in [-0.1, -0.05) is 24.3 Å². The summed E-state index contributed by atoms with van der Waals surface area (Å²) in [5.41, 5.74) is -0.0215. The predicted octanol–water partition coefficient (Wildman–Crippen LogP) is 1.76. The number of halogens is 1. The number of aromatic carboxylic acids is 1. The van der Waals surface area contributed by atoms with Crippen LogP contribution in [0.25, 0.3) is 6.08 Å². The lowest BCUT2D eigenvalue weighted by Gasteiger charge is -2.00. The fourth-order valence-electron chi connectivity index (χ4n) is 1.15. The topological polar surface area (TPSA) is 49.3 Å². The number of carbonyl (C=O) groups is 1. The zero-order valence-corrected chi connectivity index (χ0v) is 8.33. The molecule has 3 nitrogen and oxygen atoms in total. The van der Waals surface area contributed by atoms with Gasteiger partial charge in [0.1, 0.15) is 5.82 Å². The highest BCUT2D eigenvalue weighted by Gasteiger charge is 2.11. The molecule has 0 heterocycles. The Morgan fingerprint density at radius 3 is 2.93 bits per heavy atom. The van der Waals surface area contributed by atoms with Crippen molar-refractivity contribution in [2.24, 2.45) is 0 Å². The van der Waals surface area contributed by atoms with Gasteiger partial charge in [0.15, 0.2) is 0 Å². The van der Waals surface area contributed by atoms with Gasteiger partial charge in [-0.2, -0.15) is 0 Å². The van der Waals surface area contributed by atoms with Gasteiger partial charge in [0.2, 0.25) is 0 Å². The molecule has 0 amide bonds. The molecule has 4 heteroatoms. The number of carboxylic acid groups (broad SMARTS) is 1. The normalized spacial score (nSPS) is 10.8. The van der Waals surface area contributed by atoms with Gasteiger partial charge in [0.25, 0.3) is 0 Å². The zero-order valence-electron chi connectivity index (χ0n) is 8.33. The fraction of sp³-hybridized carbons (Fsp3) is 0.182. The van der Waals surface area contributed by atoms with Gasteiger partial charge in [-0.25, -0.2) is 9.18 Å². The molecule has 0 aliphatic carbocycles. The summed E-state index contributed by atoms with van der Waals surface area (Å²) in [7, 11) is 1.77. The zero-order chi connectivity index (χ0) is 11.3. The Hall–Kier alpha value is -1.68. The first-order valence-corrected chi connectivity index (χ1v) is 4.49. The molecule has 0 spiro atoms. The van der Waals surface area contributed by atoms with Crippen LogP contribution in [0.1, 0.15) is 15.9 Å². The molecule has 2 N–H and O–H groups in total. The third-order valence-electron chi connectivity index (χ3n) is 1.88. The Labute approximate surface area is 87.2 Å². The Bertz CT molecular complexity index is 388. The van der Waals surface area contributed by atoms with Crippen molar-refractivity contribution in [1.29, 1.82) is 0 Å². The second-order valence-corrected chi connectivity index (χ2v) is 2.97. The molecule has 0 fully saturated rings. The molecular weight excluding hydrogens is 197 g/mol. The lowest BCUT2D eigenvalue weighted by Crippen LogP contribution is -2.04. The number of likely N-dealkylation sites (N-methyl/N-ethyl adjacent to an activating group) is 1. The maximum Gasteiger partial charge on any atom is 0.338 e. The minimum Gasteiger partial charge on any atom is -0.478 e. The van der Waals surface area contributed by atoms with Crippen molar-refractivity contribution in [1.82, 2.24) is 5.32 Å². The van der Waals surface area contributed by atoms with E-state index in [1.807, 2.05) is 0 Å². The van der Waals surface area contributed by atoms with E-state index in [1.165, 1.54) is 18.2 Å². The largest absolute Gasteiger partial charge is 0.478 e. The van der Waals surface area contributed by atoms with Crippen molar-refractivity contribution in [3.63, 3.8) is 0 Å². The van der Waals surface area contributed by atoms with Crippen LogP contribution in [0.5, 0.6) is 0 Å². The lowest BCUT2D eigenvalue weighted by atomic mass is 10.1. The van der Waals surface area contributed by atoms with Crippen LogP contribution >= 0.6 is 0 Å². The number of carboxylic acids is 1. The quantitative estimate of drug-likeness (QED) is 0.794. The number of rotatable bonds is 4. The second kappa shape index (κ2) is 5.26. The minimum atomic E-state index is -1.25. The van der Waals surface area contributed by atoms with E-state index in [1.54, 1.807) is 19.2 Å². The monoisotopic (exact) mass is 209 g/mol. The highest BCUT2D eigenvalue weighted by Crippen LogP contribution is 2.14. The van der Waals surface area contributed by atoms with Gasteiger partial charge in [0.05, 0.1) is 5.56 Å². The van der Waals surface area contributed by atoms with Gasteiger partial charge in [-0.05, 0) is 13.1 Å². The third kappa shape index (κ3) is 2.89. The van der Waals surface area contributed by atoms with Crippen molar-refractivity contribution in [2.45, 2.75) is 0 Å². The average molecular weight is 209 g/mol. The minimum absolute atomic E-state index is 0.283. The van der Waals surface area contributed by atoms with Crippen LogP contribution in [0, 0.1) is 5.82 Å². The molecule has 0 aliphatic heterocycles. The van der Waals surface area contributed by atoms with Crippen LogP contribution in [-0.4, -0.2) is 24.7 Å². The van der Waals surface area contributed by atoms with Crippen molar-refractivity contribution in [3.05, 3.63) is 41.2 Å². The predicted molar refractivity (Wildman–Crippen MR) is 56.3 cm³/mol. The summed E-state index contributed by atoms with van der Waals surface area (Å²) in [6.45, 7) is 0.608. The smallest absolute Gasteiger partial charge is 0.338 e. The van der Waals surface area contributed by atoms with Gasteiger partial charge in [-0.3, -0.25) is 0 Å². The van der Waals surface area contributed by atoms with Crippen LogP contribution in [0.4, 0.5) is 4.39 Å². The number of benzene rings is 1. The van der Waals surface area contributed by atoms with Crippen LogP contribution in [-0.2, 0) is 0 Å². The summed E-state index contributed by atoms with van der Waals surface area (Å²) in [4.78, 5) is 10.6. The number of hydrogen-bond acceptors (Lipinski definition) is 2. The molecule has 0 atom stereocenters. The highest BCUT2D eigenvalue weighted by atomic mass is 19.1. The van der Waals surface area contributed by atoms with Crippen molar-refractivity contribution >= 4 is 12.0 Å². The van der Waals surface area contributed by atoms with E-state index in [-0.39, 0.29) is 11.1 Å². The molecular formula is C11H12FNO2. The Balaban J connectivity index is 2.99. The van der Waals surface area contributed by atoms with Crippen LogP contribution < -0.4 is 5.32 Å². The van der Waals surface area contributed by atoms with E-state index < -0.39 is 11.8 Å². The molecule has 0 radical (unpaired) electrons. The summed E-state index contributed by atoms with van der Waals surface area (Å²) in [6, 6.07) is 4.30. The first kappa shape index (κ1) is 11.4. The molecule has 0 unspecified atom stereocenters. The molecule has 1 aromatic rings. The fourth-order valence-corrected chi connectivity index (χ4v) is 1.15. The summed E-state index contributed by atoms with van der Waals surface area (Å²) in [5.74, 6) is -1.95. The second-order valence-electron chi connectivity index (χ2n) is 2.97. The summed E-state index contributed by atoms with van der Waals surface area (Å²) >= 11 is 0. The Morgan fingerprint density at radius 1 is 1.60 bits per heavy atom. The summed E-state index contributed by atoms with van der Waals surface area (Å²) in [6.07, 6.45) is 3.28. The first-order valence-electron chi connectivity index (χ1n) is 4.49. The number of nitrogens with one attached hydrogen (secondary N) is 1. The summed E-state index contributed by atoms with van der Waals surface area (Å²) < 4.78 is 13.5. The van der Waals surface area contributed by atoms with E-state index in [0.717, 1.165) is 0 Å². The lowest BCUT2D eigenvalue weighted by molar-refractivity contribution is 0.0692. The third-order valence-corrected chi connectivity index (χ3v) is 1.88. The van der Waals surface area contributed by atoms with Gasteiger partial charge in [0, 0.05) is 12.1 Å².